The van der Waals surface area contributed by atoms with Crippen molar-refractivity contribution in [3.63, 3.8) is 0 Å². The van der Waals surface area contributed by atoms with Gasteiger partial charge in [0, 0.05) is 110 Å². The second-order valence-corrected chi connectivity index (χ2v) is 15.8. The molecule has 8 aromatic rings. The van der Waals surface area contributed by atoms with Crippen LogP contribution in [0.2, 0.25) is 0 Å². The summed E-state index contributed by atoms with van der Waals surface area (Å²) in [6.07, 6.45) is 0. The molecule has 0 aliphatic rings. The van der Waals surface area contributed by atoms with Crippen LogP contribution in [0.15, 0.2) is 198 Å². The maximum absolute atomic E-state index is 8.82. The molecule has 0 aliphatic carbocycles. The van der Waals surface area contributed by atoms with Crippen LogP contribution in [0.3, 0.4) is 0 Å². The second kappa shape index (κ2) is 30.9. The van der Waals surface area contributed by atoms with Crippen molar-refractivity contribution in [3.05, 3.63) is 250 Å². The first-order valence-electron chi connectivity index (χ1n) is 19.7. The van der Waals surface area contributed by atoms with E-state index >= 15 is 0 Å². The molecule has 8 rings (SSSR count). The Bertz CT molecular complexity index is 2780. The summed E-state index contributed by atoms with van der Waals surface area (Å²) in [6.45, 7) is 14.5. The summed E-state index contributed by atoms with van der Waals surface area (Å²) in [7, 11) is -1.46. The van der Waals surface area contributed by atoms with Crippen LogP contribution in [0, 0.1) is 47.4 Å². The Balaban J connectivity index is 0.000000331. The predicted molar refractivity (Wildman–Crippen MR) is 271 cm³/mol. The Labute approximate surface area is 491 Å². The summed E-state index contributed by atoms with van der Waals surface area (Å²) in [6, 6.07) is 68.6. The zero-order chi connectivity index (χ0) is 46.7. The molecule has 0 fully saturated rings. The van der Waals surface area contributed by atoms with E-state index in [1.807, 2.05) is 133 Å². The van der Waals surface area contributed by atoms with Crippen LogP contribution in [-0.4, -0.2) is 17.2 Å². The van der Waals surface area contributed by atoms with Gasteiger partial charge in [-0.15, -0.1) is 75.6 Å². The largest absolute Gasteiger partial charge is 0.488 e. The molecule has 7 nitrogen and oxygen atoms in total. The van der Waals surface area contributed by atoms with Gasteiger partial charge in [-0.1, -0.05) is 181 Å². The molecule has 0 saturated carbocycles. The molecule has 0 saturated heterocycles. The molecular weight excluding hydrogens is 1200 g/mol. The zero-order valence-corrected chi connectivity index (χ0v) is 48.3. The van der Waals surface area contributed by atoms with Gasteiger partial charge >= 0.3 is 7.12 Å². The molecular formula is C55H39BBr2N5O2Y3-3. The van der Waals surface area contributed by atoms with E-state index < -0.39 is 7.12 Å². The number of halogens is 2. The monoisotopic (exact) mass is 1240 g/mol. The van der Waals surface area contributed by atoms with Gasteiger partial charge in [-0.05, 0) is 28.7 Å². The smallest absolute Gasteiger partial charge is 0.423 e. The number of hydrogen-bond acceptors (Lipinski definition) is 6. The second-order valence-electron chi connectivity index (χ2n) is 14.0. The van der Waals surface area contributed by atoms with Crippen molar-refractivity contribution in [1.29, 1.82) is 10.5 Å². The zero-order valence-electron chi connectivity index (χ0n) is 36.6. The van der Waals surface area contributed by atoms with Gasteiger partial charge in [0.05, 0.1) is 29.8 Å². The number of benzene rings is 8. The van der Waals surface area contributed by atoms with E-state index in [-0.39, 0.29) is 98.1 Å². The van der Waals surface area contributed by atoms with E-state index in [1.54, 1.807) is 12.1 Å². The van der Waals surface area contributed by atoms with E-state index in [1.165, 1.54) is 24.3 Å². The van der Waals surface area contributed by atoms with Gasteiger partial charge in [0.2, 0.25) is 0 Å². The average Bonchev–Trinajstić information content (AvgIpc) is 3.35. The number of nitriles is 2. The third-order valence-corrected chi connectivity index (χ3v) is 10.5. The minimum Gasteiger partial charge on any atom is -0.423 e. The van der Waals surface area contributed by atoms with Gasteiger partial charge in [0.1, 0.15) is 0 Å². The van der Waals surface area contributed by atoms with Crippen molar-refractivity contribution < 1.29 is 108 Å². The summed E-state index contributed by atoms with van der Waals surface area (Å²) >= 11 is 6.56. The SMILES string of the molecule is Brc1[c-]cc(Br)cc1.C=C(N)c1ccc(-c2[c-]cc(-c3ccc(C(=C)N)cc3)cc2)cc1.N#Cc1ccc(B(O)O)cc1.[C-]#[N+]c1ccc(-c2c[c-]c(-c3ccc(C#N)cc3)cc2)cc1.[Y].[Y].[Y]. The van der Waals surface area contributed by atoms with E-state index in [9.17, 15) is 0 Å². The molecule has 0 atom stereocenters. The van der Waals surface area contributed by atoms with Crippen LogP contribution in [0.1, 0.15) is 22.3 Å². The Kier molecular flexibility index (Phi) is 27.1. The molecule has 13 heteroatoms. The molecule has 0 aliphatic heterocycles. The number of hydrogen-bond donors (Lipinski definition) is 4. The van der Waals surface area contributed by atoms with Gasteiger partial charge in [0.15, 0.2) is 5.69 Å². The third kappa shape index (κ3) is 18.8. The number of nitrogens with two attached hydrogens (primary N) is 2. The summed E-state index contributed by atoms with van der Waals surface area (Å²) in [5, 5.41) is 34.5. The Morgan fingerprint density at radius 1 is 0.515 bits per heavy atom. The van der Waals surface area contributed by atoms with Crippen molar-refractivity contribution in [2.24, 2.45) is 11.5 Å². The van der Waals surface area contributed by atoms with E-state index in [0.717, 1.165) is 64.6 Å². The molecule has 0 unspecified atom stereocenters. The minimum atomic E-state index is -1.46. The van der Waals surface area contributed by atoms with Crippen LogP contribution < -0.4 is 16.9 Å². The minimum absolute atomic E-state index is 0. The Hall–Kier alpha value is -4.43. The molecule has 0 amide bonds. The van der Waals surface area contributed by atoms with Crippen molar-refractivity contribution in [3.8, 4) is 56.6 Å². The average molecular weight is 1240 g/mol. The first-order chi connectivity index (χ1) is 31.4. The molecule has 6 N–H and O–H groups in total. The summed E-state index contributed by atoms with van der Waals surface area (Å²) < 4.78 is 2.04. The van der Waals surface area contributed by atoms with Crippen molar-refractivity contribution in [2.75, 3.05) is 0 Å². The molecule has 8 aromatic carbocycles. The summed E-state index contributed by atoms with van der Waals surface area (Å²) in [4.78, 5) is 3.39. The van der Waals surface area contributed by atoms with Gasteiger partial charge < -0.3 is 21.5 Å². The van der Waals surface area contributed by atoms with Crippen LogP contribution in [0.5, 0.6) is 0 Å². The Morgan fingerprint density at radius 3 is 1.22 bits per heavy atom. The van der Waals surface area contributed by atoms with Crippen LogP contribution in [-0.2, 0) is 98.1 Å². The maximum atomic E-state index is 8.82. The predicted octanol–water partition coefficient (Wildman–Crippen LogP) is 12.2. The van der Waals surface area contributed by atoms with Crippen LogP contribution >= 0.6 is 31.9 Å². The maximum Gasteiger partial charge on any atom is 0.488 e. The molecule has 3 radical (unpaired) electrons. The molecule has 0 heterocycles. The standard InChI is InChI=1S/C22H19N2.C20H11N2.C7H6BNO2.C6H3Br2.3Y/c1-15(23)17-3-7-19(8-4-17)21-11-13-22(14-12-21)20-9-5-18(6-10-20)16(2)24;1-22-20-12-10-19(11-13-20)18-8-6-17(7-9-18)16-4-2-15(14-21)3-5-16;9-5-6-1-3-7(4-2-6)8(10)11;7-5-1-2-6(8)4-3-5;;;/h3-13H,1-2,23-24H2;2-6,8-13H;1-4,10-11H;1-3H;;;/q2*-1;;-1;;;. The fourth-order valence-electron chi connectivity index (χ4n) is 5.88. The molecule has 325 valence electrons. The van der Waals surface area contributed by atoms with Crippen molar-refractivity contribution in [2.45, 2.75) is 0 Å². The molecule has 0 spiro atoms. The van der Waals surface area contributed by atoms with Crippen LogP contribution in [0.25, 0.3) is 60.7 Å². The first-order valence-corrected chi connectivity index (χ1v) is 21.3. The van der Waals surface area contributed by atoms with Crippen molar-refractivity contribution >= 4 is 61.5 Å². The van der Waals surface area contributed by atoms with Crippen molar-refractivity contribution in [1.82, 2.24) is 0 Å². The number of nitrogens with zero attached hydrogens (tertiary/aromatic N) is 3. The Morgan fingerprint density at radius 2 is 0.897 bits per heavy atom. The summed E-state index contributed by atoms with van der Waals surface area (Å²) in [5.74, 6) is 0. The fourth-order valence-corrected chi connectivity index (χ4v) is 6.37. The quantitative estimate of drug-likeness (QED) is 0.0924. The van der Waals surface area contributed by atoms with Gasteiger partial charge in [-0.3, -0.25) is 0 Å². The van der Waals surface area contributed by atoms with Crippen LogP contribution in [0.4, 0.5) is 5.69 Å². The summed E-state index contributed by atoms with van der Waals surface area (Å²) in [5.41, 5.74) is 25.2. The molecule has 0 aromatic heterocycles. The third-order valence-electron chi connectivity index (χ3n) is 9.51. The topological polar surface area (TPSA) is 144 Å². The van der Waals surface area contributed by atoms with Gasteiger partial charge in [-0.2, -0.15) is 34.8 Å². The first kappa shape index (κ1) is 59.7. The number of rotatable bonds is 7. The van der Waals surface area contributed by atoms with Gasteiger partial charge in [-0.25, -0.2) is 4.85 Å². The van der Waals surface area contributed by atoms with E-state index in [4.69, 9.17) is 38.6 Å². The fraction of sp³-hybridized carbons (Fsp3) is 0. The molecule has 68 heavy (non-hydrogen) atoms. The molecule has 0 bridgehead atoms. The van der Waals surface area contributed by atoms with Gasteiger partial charge in [0.25, 0.3) is 0 Å². The normalized spacial score (nSPS) is 9.31. The van der Waals surface area contributed by atoms with E-state index in [0.29, 0.717) is 33.7 Å². The van der Waals surface area contributed by atoms with E-state index in [2.05, 4.69) is 86.3 Å².